The van der Waals surface area contributed by atoms with Crippen molar-refractivity contribution in [2.45, 2.75) is 26.8 Å². The zero-order valence-electron chi connectivity index (χ0n) is 9.63. The number of aromatic nitrogens is 2. The number of rotatable bonds is 4. The van der Waals surface area contributed by atoms with Crippen molar-refractivity contribution in [2.24, 2.45) is 0 Å². The molecule has 1 rings (SSSR count). The molecule has 0 fully saturated rings. The smallest absolute Gasteiger partial charge is 0.252 e. The maximum atomic E-state index is 11.4. The molecule has 1 aromatic rings. The van der Waals surface area contributed by atoms with E-state index in [-0.39, 0.29) is 11.5 Å². The van der Waals surface area contributed by atoms with Gasteiger partial charge in [0.15, 0.2) is 0 Å². The number of aryl methyl sites for hydroxylation is 1. The summed E-state index contributed by atoms with van der Waals surface area (Å²) >= 11 is 0. The zero-order chi connectivity index (χ0) is 12.1. The summed E-state index contributed by atoms with van der Waals surface area (Å²) in [6.07, 6.45) is 0. The highest BCUT2D eigenvalue weighted by atomic mass is 16.2. The highest BCUT2D eigenvalue weighted by Gasteiger charge is 2.12. The lowest BCUT2D eigenvalue weighted by molar-refractivity contribution is -0.121. The van der Waals surface area contributed by atoms with E-state index in [0.29, 0.717) is 18.2 Å². The Balaban J connectivity index is 2.72. The largest absolute Gasteiger partial charge is 0.358 e. The quantitative estimate of drug-likeness (QED) is 0.672. The molecule has 88 valence electrons. The summed E-state index contributed by atoms with van der Waals surface area (Å²) in [6.45, 7) is 5.82. The number of nitrogens with one attached hydrogen (secondary N) is 3. The molecule has 1 aromatic heterocycles. The van der Waals surface area contributed by atoms with Crippen molar-refractivity contribution < 1.29 is 4.79 Å². The standard InChI is InChI=1S/C10H16N4O2/c1-4-11-10(16)6(2)12-8-5-9(15)14-7(3)13-8/h5-6H,4H2,1-3H3,(H,11,16)(H2,12,13,14,15). The molecule has 1 unspecified atom stereocenters. The van der Waals surface area contributed by atoms with Crippen LogP contribution in [0.5, 0.6) is 0 Å². The average Bonchev–Trinajstić information content (AvgIpc) is 2.16. The number of hydrogen-bond acceptors (Lipinski definition) is 4. The lowest BCUT2D eigenvalue weighted by Gasteiger charge is -2.13. The van der Waals surface area contributed by atoms with Crippen LogP contribution >= 0.6 is 0 Å². The van der Waals surface area contributed by atoms with Gasteiger partial charge in [0.1, 0.15) is 17.7 Å². The first-order valence-corrected chi connectivity index (χ1v) is 5.15. The Morgan fingerprint density at radius 1 is 1.62 bits per heavy atom. The maximum absolute atomic E-state index is 11.4. The van der Waals surface area contributed by atoms with Crippen molar-refractivity contribution in [3.63, 3.8) is 0 Å². The Hall–Kier alpha value is -1.85. The SMILES string of the molecule is CCNC(=O)C(C)Nc1cc(=O)[nH]c(C)n1. The van der Waals surface area contributed by atoms with E-state index < -0.39 is 6.04 Å². The van der Waals surface area contributed by atoms with E-state index in [1.807, 2.05) is 6.92 Å². The van der Waals surface area contributed by atoms with Crippen LogP contribution in [0.1, 0.15) is 19.7 Å². The summed E-state index contributed by atoms with van der Waals surface area (Å²) in [4.78, 5) is 29.2. The predicted molar refractivity (Wildman–Crippen MR) is 61.4 cm³/mol. The van der Waals surface area contributed by atoms with Crippen molar-refractivity contribution in [3.8, 4) is 0 Å². The second-order valence-electron chi connectivity index (χ2n) is 3.48. The van der Waals surface area contributed by atoms with Gasteiger partial charge in [0.05, 0.1) is 0 Å². The summed E-state index contributed by atoms with van der Waals surface area (Å²) < 4.78 is 0. The molecule has 0 saturated carbocycles. The molecular weight excluding hydrogens is 208 g/mol. The first kappa shape index (κ1) is 12.2. The minimum atomic E-state index is -0.423. The van der Waals surface area contributed by atoms with Gasteiger partial charge in [-0.25, -0.2) is 4.98 Å². The molecule has 0 radical (unpaired) electrons. The molecule has 0 saturated heterocycles. The van der Waals surface area contributed by atoms with Crippen molar-refractivity contribution >= 4 is 11.7 Å². The van der Waals surface area contributed by atoms with Gasteiger partial charge in [0, 0.05) is 12.6 Å². The number of aromatic amines is 1. The summed E-state index contributed by atoms with van der Waals surface area (Å²) in [6, 6.07) is 0.900. The van der Waals surface area contributed by atoms with Crippen molar-refractivity contribution in [1.82, 2.24) is 15.3 Å². The molecule has 0 bridgehead atoms. The van der Waals surface area contributed by atoms with E-state index in [9.17, 15) is 9.59 Å². The fraction of sp³-hybridized carbons (Fsp3) is 0.500. The lowest BCUT2D eigenvalue weighted by Crippen LogP contribution is -2.37. The molecule has 6 nitrogen and oxygen atoms in total. The Morgan fingerprint density at radius 3 is 2.88 bits per heavy atom. The molecule has 3 N–H and O–H groups in total. The van der Waals surface area contributed by atoms with E-state index in [0.717, 1.165) is 0 Å². The number of likely N-dealkylation sites (N-methyl/N-ethyl adjacent to an activating group) is 1. The minimum absolute atomic E-state index is 0.123. The second kappa shape index (κ2) is 5.29. The molecule has 6 heteroatoms. The fourth-order valence-electron chi connectivity index (χ4n) is 1.27. The topological polar surface area (TPSA) is 86.9 Å². The molecule has 1 atom stereocenters. The van der Waals surface area contributed by atoms with Crippen molar-refractivity contribution in [3.05, 3.63) is 22.2 Å². The molecular formula is C10H16N4O2. The number of hydrogen-bond donors (Lipinski definition) is 3. The lowest BCUT2D eigenvalue weighted by atomic mass is 10.3. The van der Waals surface area contributed by atoms with Gasteiger partial charge in [-0.05, 0) is 20.8 Å². The van der Waals surface area contributed by atoms with Crippen LogP contribution in [0, 0.1) is 6.92 Å². The molecule has 1 amide bonds. The van der Waals surface area contributed by atoms with E-state index in [4.69, 9.17) is 0 Å². The molecule has 0 spiro atoms. The van der Waals surface area contributed by atoms with Gasteiger partial charge in [0.2, 0.25) is 5.91 Å². The third kappa shape index (κ3) is 3.38. The molecule has 1 heterocycles. The van der Waals surface area contributed by atoms with Gasteiger partial charge < -0.3 is 15.6 Å². The first-order valence-electron chi connectivity index (χ1n) is 5.15. The van der Waals surface area contributed by atoms with Gasteiger partial charge in [-0.3, -0.25) is 9.59 Å². The third-order valence-electron chi connectivity index (χ3n) is 1.97. The minimum Gasteiger partial charge on any atom is -0.358 e. The fourth-order valence-corrected chi connectivity index (χ4v) is 1.27. The highest BCUT2D eigenvalue weighted by molar-refractivity contribution is 5.83. The van der Waals surface area contributed by atoms with Gasteiger partial charge in [-0.1, -0.05) is 0 Å². The Kier molecular flexibility index (Phi) is 4.04. The van der Waals surface area contributed by atoms with Crippen LogP contribution in [0.15, 0.2) is 10.9 Å². The van der Waals surface area contributed by atoms with Crippen LogP contribution in [0.3, 0.4) is 0 Å². The van der Waals surface area contributed by atoms with Gasteiger partial charge >= 0.3 is 0 Å². The number of amides is 1. The summed E-state index contributed by atoms with van der Waals surface area (Å²) in [7, 11) is 0. The summed E-state index contributed by atoms with van der Waals surface area (Å²) in [5.74, 6) is 0.792. The van der Waals surface area contributed by atoms with Crippen LogP contribution < -0.4 is 16.2 Å². The van der Waals surface area contributed by atoms with Crippen LogP contribution in [0.4, 0.5) is 5.82 Å². The first-order chi connectivity index (χ1) is 7.52. The number of nitrogens with zero attached hydrogens (tertiary/aromatic N) is 1. The van der Waals surface area contributed by atoms with E-state index in [1.165, 1.54) is 6.07 Å². The van der Waals surface area contributed by atoms with Crippen LogP contribution in [-0.2, 0) is 4.79 Å². The van der Waals surface area contributed by atoms with Gasteiger partial charge in [0.25, 0.3) is 5.56 Å². The highest BCUT2D eigenvalue weighted by Crippen LogP contribution is 2.00. The van der Waals surface area contributed by atoms with Gasteiger partial charge in [-0.2, -0.15) is 0 Å². The van der Waals surface area contributed by atoms with Crippen LogP contribution in [0.25, 0.3) is 0 Å². The van der Waals surface area contributed by atoms with E-state index in [2.05, 4.69) is 20.6 Å². The second-order valence-corrected chi connectivity index (χ2v) is 3.48. The monoisotopic (exact) mass is 224 g/mol. The zero-order valence-corrected chi connectivity index (χ0v) is 9.63. The van der Waals surface area contributed by atoms with E-state index in [1.54, 1.807) is 13.8 Å². The van der Waals surface area contributed by atoms with Crippen molar-refractivity contribution in [2.75, 3.05) is 11.9 Å². The van der Waals surface area contributed by atoms with Crippen LogP contribution in [0.2, 0.25) is 0 Å². The molecule has 16 heavy (non-hydrogen) atoms. The predicted octanol–water partition coefficient (Wildman–Crippen LogP) is 0.0148. The molecule has 0 aliphatic rings. The third-order valence-corrected chi connectivity index (χ3v) is 1.97. The number of carbonyl (C=O) groups is 1. The van der Waals surface area contributed by atoms with Crippen molar-refractivity contribution in [1.29, 1.82) is 0 Å². The number of anilines is 1. The van der Waals surface area contributed by atoms with Gasteiger partial charge in [-0.15, -0.1) is 0 Å². The molecule has 0 aromatic carbocycles. The van der Waals surface area contributed by atoms with Crippen LogP contribution in [-0.4, -0.2) is 28.5 Å². The Morgan fingerprint density at radius 2 is 2.31 bits per heavy atom. The Labute approximate surface area is 93.5 Å². The average molecular weight is 224 g/mol. The molecule has 0 aliphatic heterocycles. The Bertz CT molecular complexity index is 427. The number of H-pyrrole nitrogens is 1. The normalized spacial score (nSPS) is 11.9. The summed E-state index contributed by atoms with van der Waals surface area (Å²) in [5, 5.41) is 5.54. The summed E-state index contributed by atoms with van der Waals surface area (Å²) in [5.41, 5.74) is -0.238. The van der Waals surface area contributed by atoms with E-state index >= 15 is 0 Å². The maximum Gasteiger partial charge on any atom is 0.252 e. The number of carbonyl (C=O) groups excluding carboxylic acids is 1. The molecule has 0 aliphatic carbocycles.